The molecular formula is C22H19F2N5O2S. The Morgan fingerprint density at radius 3 is 2.50 bits per heavy atom. The van der Waals surface area contributed by atoms with Gasteiger partial charge in [0.25, 0.3) is 0 Å². The number of nitrogens with zero attached hydrogens (tertiary/aromatic N) is 3. The Hall–Kier alpha value is -3.66. The summed E-state index contributed by atoms with van der Waals surface area (Å²) in [6.45, 7) is 1.69. The maximum atomic E-state index is 15.1. The molecule has 0 aliphatic heterocycles. The van der Waals surface area contributed by atoms with Crippen molar-refractivity contribution in [2.45, 2.75) is 13.3 Å². The number of hydrogen-bond donors (Lipinski definition) is 2. The van der Waals surface area contributed by atoms with E-state index in [0.717, 1.165) is 23.3 Å². The Morgan fingerprint density at radius 1 is 0.969 bits per heavy atom. The molecule has 10 heteroatoms. The van der Waals surface area contributed by atoms with E-state index in [0.29, 0.717) is 17.3 Å². The second-order valence-electron chi connectivity index (χ2n) is 7.02. The molecular weight excluding hydrogens is 436 g/mol. The number of rotatable bonds is 7. The SMILES string of the molecule is CCCS(=O)(=O)Nc1ccc(F)c(Nc2ncnc3ccc(-c4ccncc4)cc23)c1F. The zero-order valence-corrected chi connectivity index (χ0v) is 17.8. The van der Waals surface area contributed by atoms with Crippen LogP contribution in [-0.2, 0) is 10.0 Å². The number of sulfonamides is 1. The lowest BCUT2D eigenvalue weighted by Gasteiger charge is -2.14. The minimum atomic E-state index is -3.75. The van der Waals surface area contributed by atoms with Gasteiger partial charge in [-0.2, -0.15) is 0 Å². The molecule has 164 valence electrons. The van der Waals surface area contributed by atoms with Crippen LogP contribution in [0, 0.1) is 11.6 Å². The summed E-state index contributed by atoms with van der Waals surface area (Å²) < 4.78 is 55.8. The highest BCUT2D eigenvalue weighted by molar-refractivity contribution is 7.92. The summed E-state index contributed by atoms with van der Waals surface area (Å²) in [5.74, 6) is -1.96. The fourth-order valence-corrected chi connectivity index (χ4v) is 4.36. The third-order valence-electron chi connectivity index (χ3n) is 4.72. The van der Waals surface area contributed by atoms with E-state index < -0.39 is 27.3 Å². The van der Waals surface area contributed by atoms with Crippen LogP contribution in [0.25, 0.3) is 22.0 Å². The van der Waals surface area contributed by atoms with Crippen molar-refractivity contribution in [3.63, 3.8) is 0 Å². The van der Waals surface area contributed by atoms with Gasteiger partial charge < -0.3 is 5.32 Å². The number of anilines is 3. The zero-order valence-electron chi connectivity index (χ0n) is 17.0. The highest BCUT2D eigenvalue weighted by Crippen LogP contribution is 2.32. The lowest BCUT2D eigenvalue weighted by atomic mass is 10.0. The minimum absolute atomic E-state index is 0.178. The van der Waals surface area contributed by atoms with Gasteiger partial charge in [0.15, 0.2) is 5.82 Å². The van der Waals surface area contributed by atoms with Crippen molar-refractivity contribution >= 4 is 38.1 Å². The van der Waals surface area contributed by atoms with Gasteiger partial charge in [-0.05, 0) is 53.9 Å². The number of fused-ring (bicyclic) bond motifs is 1. The molecule has 0 fully saturated rings. The Morgan fingerprint density at radius 2 is 1.75 bits per heavy atom. The molecule has 2 N–H and O–H groups in total. The summed E-state index contributed by atoms with van der Waals surface area (Å²) in [4.78, 5) is 12.4. The second kappa shape index (κ2) is 8.83. The van der Waals surface area contributed by atoms with E-state index in [1.165, 1.54) is 6.33 Å². The average molecular weight is 455 g/mol. The summed E-state index contributed by atoms with van der Waals surface area (Å²) in [6, 6.07) is 11.2. The van der Waals surface area contributed by atoms with E-state index in [4.69, 9.17) is 0 Å². The van der Waals surface area contributed by atoms with Gasteiger partial charge in [0, 0.05) is 17.8 Å². The van der Waals surface area contributed by atoms with Crippen molar-refractivity contribution in [2.24, 2.45) is 0 Å². The molecule has 0 radical (unpaired) electrons. The lowest BCUT2D eigenvalue weighted by molar-refractivity contribution is 0.588. The largest absolute Gasteiger partial charge is 0.335 e. The number of aromatic nitrogens is 3. The number of halogens is 2. The molecule has 0 amide bonds. The third-order valence-corrected chi connectivity index (χ3v) is 6.20. The highest BCUT2D eigenvalue weighted by atomic mass is 32.2. The predicted molar refractivity (Wildman–Crippen MR) is 120 cm³/mol. The van der Waals surface area contributed by atoms with Crippen molar-refractivity contribution in [3.05, 3.63) is 72.8 Å². The van der Waals surface area contributed by atoms with E-state index in [1.54, 1.807) is 31.5 Å². The zero-order chi connectivity index (χ0) is 22.7. The average Bonchev–Trinajstić information content (AvgIpc) is 2.79. The molecule has 0 unspecified atom stereocenters. The maximum absolute atomic E-state index is 15.1. The fourth-order valence-electron chi connectivity index (χ4n) is 3.23. The maximum Gasteiger partial charge on any atom is 0.232 e. The number of hydrogen-bond acceptors (Lipinski definition) is 6. The fraction of sp³-hybridized carbons (Fsp3) is 0.136. The predicted octanol–water partition coefficient (Wildman–Crippen LogP) is 4.87. The molecule has 4 rings (SSSR count). The highest BCUT2D eigenvalue weighted by Gasteiger charge is 2.19. The van der Waals surface area contributed by atoms with Crippen molar-refractivity contribution in [1.29, 1.82) is 0 Å². The van der Waals surface area contributed by atoms with Crippen molar-refractivity contribution < 1.29 is 17.2 Å². The normalized spacial score (nSPS) is 11.5. The van der Waals surface area contributed by atoms with E-state index in [1.807, 2.05) is 18.2 Å². The van der Waals surface area contributed by atoms with Crippen LogP contribution in [0.15, 0.2) is 61.2 Å². The third kappa shape index (κ3) is 4.50. The first-order chi connectivity index (χ1) is 15.4. The molecule has 0 saturated heterocycles. The van der Waals surface area contributed by atoms with Gasteiger partial charge in [-0.25, -0.2) is 27.2 Å². The van der Waals surface area contributed by atoms with Crippen LogP contribution in [0.5, 0.6) is 0 Å². The van der Waals surface area contributed by atoms with Crippen LogP contribution < -0.4 is 10.0 Å². The molecule has 0 atom stereocenters. The molecule has 0 spiro atoms. The molecule has 4 aromatic rings. The van der Waals surface area contributed by atoms with Crippen LogP contribution in [0.2, 0.25) is 0 Å². The van der Waals surface area contributed by atoms with E-state index >= 15 is 4.39 Å². The van der Waals surface area contributed by atoms with Gasteiger partial charge >= 0.3 is 0 Å². The van der Waals surface area contributed by atoms with Crippen molar-refractivity contribution in [3.8, 4) is 11.1 Å². The number of pyridine rings is 1. The van der Waals surface area contributed by atoms with E-state index in [2.05, 4.69) is 25.0 Å². The second-order valence-corrected chi connectivity index (χ2v) is 8.86. The Kier molecular flexibility index (Phi) is 5.95. The lowest BCUT2D eigenvalue weighted by Crippen LogP contribution is -2.17. The molecule has 0 aliphatic carbocycles. The monoisotopic (exact) mass is 455 g/mol. The molecule has 7 nitrogen and oxygen atoms in total. The van der Waals surface area contributed by atoms with Gasteiger partial charge in [-0.1, -0.05) is 13.0 Å². The molecule has 2 aromatic carbocycles. The molecule has 32 heavy (non-hydrogen) atoms. The summed E-state index contributed by atoms with van der Waals surface area (Å²) in [5.41, 5.74) is 1.45. The first-order valence-electron chi connectivity index (χ1n) is 9.78. The van der Waals surface area contributed by atoms with Crippen molar-refractivity contribution in [1.82, 2.24) is 15.0 Å². The summed E-state index contributed by atoms with van der Waals surface area (Å²) in [5, 5.41) is 3.21. The van der Waals surface area contributed by atoms with E-state index in [-0.39, 0.29) is 17.3 Å². The summed E-state index contributed by atoms with van der Waals surface area (Å²) in [6.07, 6.45) is 4.96. The molecule has 2 aromatic heterocycles. The molecule has 0 bridgehead atoms. The molecule has 2 heterocycles. The van der Waals surface area contributed by atoms with Crippen LogP contribution in [-0.4, -0.2) is 29.1 Å². The van der Waals surface area contributed by atoms with Crippen LogP contribution in [0.3, 0.4) is 0 Å². The number of benzene rings is 2. The quantitative estimate of drug-likeness (QED) is 0.413. The Balaban J connectivity index is 1.76. The van der Waals surface area contributed by atoms with Crippen LogP contribution in [0.1, 0.15) is 13.3 Å². The summed E-state index contributed by atoms with van der Waals surface area (Å²) >= 11 is 0. The smallest absolute Gasteiger partial charge is 0.232 e. The number of nitrogens with one attached hydrogen (secondary N) is 2. The van der Waals surface area contributed by atoms with Gasteiger partial charge in [0.1, 0.15) is 23.6 Å². The van der Waals surface area contributed by atoms with Crippen LogP contribution >= 0.6 is 0 Å². The van der Waals surface area contributed by atoms with Gasteiger partial charge in [-0.15, -0.1) is 0 Å². The van der Waals surface area contributed by atoms with Gasteiger partial charge in [-0.3, -0.25) is 9.71 Å². The molecule has 0 aliphatic rings. The van der Waals surface area contributed by atoms with E-state index in [9.17, 15) is 12.8 Å². The minimum Gasteiger partial charge on any atom is -0.335 e. The summed E-state index contributed by atoms with van der Waals surface area (Å²) in [7, 11) is -3.75. The van der Waals surface area contributed by atoms with Crippen LogP contribution in [0.4, 0.5) is 26.0 Å². The standard InChI is InChI=1S/C22H19F2N5O2S/c1-2-11-32(30,31)29-19-6-4-17(23)21(20(19)24)28-22-16-12-15(14-7-9-25-10-8-14)3-5-18(16)26-13-27-22/h3-10,12-13,29H,2,11H2,1H3,(H,26,27,28). The van der Waals surface area contributed by atoms with Gasteiger partial charge in [0.05, 0.1) is 17.0 Å². The topological polar surface area (TPSA) is 96.9 Å². The Bertz CT molecular complexity index is 1380. The first kappa shape index (κ1) is 21.6. The van der Waals surface area contributed by atoms with Gasteiger partial charge in [0.2, 0.25) is 10.0 Å². The van der Waals surface area contributed by atoms with Crippen molar-refractivity contribution in [2.75, 3.05) is 15.8 Å². The first-order valence-corrected chi connectivity index (χ1v) is 11.4. The molecule has 0 saturated carbocycles. The Labute approximate surface area is 183 Å².